The van der Waals surface area contributed by atoms with E-state index in [4.69, 9.17) is 9.47 Å². The third-order valence-electron chi connectivity index (χ3n) is 2.96. The molecule has 3 nitrogen and oxygen atoms in total. The van der Waals surface area contributed by atoms with Crippen molar-refractivity contribution in [1.82, 2.24) is 5.32 Å². The number of ether oxygens (including phenoxy) is 2. The van der Waals surface area contributed by atoms with Crippen LogP contribution in [0.5, 0.6) is 0 Å². The topological polar surface area (TPSA) is 30.5 Å². The summed E-state index contributed by atoms with van der Waals surface area (Å²) in [5.41, 5.74) is 1.35. The molecule has 0 radical (unpaired) electrons. The summed E-state index contributed by atoms with van der Waals surface area (Å²) in [5, 5.41) is 6.73. The first-order chi connectivity index (χ1) is 9.40. The smallest absolute Gasteiger partial charge is 0.0591 e. The summed E-state index contributed by atoms with van der Waals surface area (Å²) in [7, 11) is 1.71. The molecule has 0 spiro atoms. The Bertz CT molecular complexity index is 484. The van der Waals surface area contributed by atoms with Gasteiger partial charge in [0.05, 0.1) is 19.8 Å². The van der Waals surface area contributed by atoms with E-state index in [9.17, 15) is 0 Å². The average molecular weight is 279 g/mol. The second-order valence-corrected chi connectivity index (χ2v) is 5.35. The standard InChI is InChI=1S/C15H21NO2S/c1-17-9-6-16-7-10-18-8-4-13-2-3-15-14(12-13)5-11-19-15/h2-3,5,11-12,16H,4,6-10H2,1H3. The number of thiophene rings is 1. The quantitative estimate of drug-likeness (QED) is 0.716. The van der Waals surface area contributed by atoms with E-state index in [1.165, 1.54) is 15.6 Å². The van der Waals surface area contributed by atoms with Gasteiger partial charge in [-0.05, 0) is 34.9 Å². The van der Waals surface area contributed by atoms with Gasteiger partial charge in [0, 0.05) is 24.9 Å². The molecule has 1 heterocycles. The lowest BCUT2D eigenvalue weighted by molar-refractivity contribution is 0.135. The molecule has 0 aliphatic rings. The van der Waals surface area contributed by atoms with Crippen LogP contribution in [0.4, 0.5) is 0 Å². The van der Waals surface area contributed by atoms with Gasteiger partial charge >= 0.3 is 0 Å². The minimum absolute atomic E-state index is 0.751. The van der Waals surface area contributed by atoms with E-state index < -0.39 is 0 Å². The fraction of sp³-hybridized carbons (Fsp3) is 0.467. The first kappa shape index (κ1) is 14.5. The third kappa shape index (κ3) is 4.91. The monoisotopic (exact) mass is 279 g/mol. The second kappa shape index (κ2) is 8.27. The largest absolute Gasteiger partial charge is 0.383 e. The number of nitrogens with one attached hydrogen (secondary N) is 1. The summed E-state index contributed by atoms with van der Waals surface area (Å²) in [6.07, 6.45) is 0.976. The normalized spacial score (nSPS) is 11.2. The van der Waals surface area contributed by atoms with Crippen LogP contribution < -0.4 is 5.32 Å². The van der Waals surface area contributed by atoms with Gasteiger partial charge in [-0.2, -0.15) is 0 Å². The molecule has 19 heavy (non-hydrogen) atoms. The van der Waals surface area contributed by atoms with Crippen molar-refractivity contribution < 1.29 is 9.47 Å². The highest BCUT2D eigenvalue weighted by Crippen LogP contribution is 2.21. The molecule has 1 N–H and O–H groups in total. The maximum Gasteiger partial charge on any atom is 0.0591 e. The van der Waals surface area contributed by atoms with Crippen LogP contribution in [0, 0.1) is 0 Å². The number of benzene rings is 1. The van der Waals surface area contributed by atoms with Crippen molar-refractivity contribution in [2.75, 3.05) is 40.0 Å². The molecule has 4 heteroatoms. The van der Waals surface area contributed by atoms with Crippen molar-refractivity contribution >= 4 is 21.4 Å². The van der Waals surface area contributed by atoms with Crippen LogP contribution in [0.15, 0.2) is 29.6 Å². The number of fused-ring (bicyclic) bond motifs is 1. The molecule has 1 aromatic heterocycles. The summed E-state index contributed by atoms with van der Waals surface area (Å²) >= 11 is 1.79. The maximum absolute atomic E-state index is 5.61. The number of rotatable bonds is 9. The molecule has 0 aliphatic carbocycles. The van der Waals surface area contributed by atoms with Crippen LogP contribution in [-0.4, -0.2) is 40.0 Å². The predicted octanol–water partition coefficient (Wildman–Crippen LogP) is 2.70. The van der Waals surface area contributed by atoms with Gasteiger partial charge in [-0.15, -0.1) is 11.3 Å². The van der Waals surface area contributed by atoms with Crippen molar-refractivity contribution in [1.29, 1.82) is 0 Å². The highest BCUT2D eigenvalue weighted by Gasteiger charge is 1.98. The fourth-order valence-corrected chi connectivity index (χ4v) is 2.68. The zero-order valence-corrected chi connectivity index (χ0v) is 12.2. The van der Waals surface area contributed by atoms with Crippen LogP contribution in [-0.2, 0) is 15.9 Å². The van der Waals surface area contributed by atoms with Crippen molar-refractivity contribution in [2.24, 2.45) is 0 Å². The number of methoxy groups -OCH3 is 1. The Morgan fingerprint density at radius 3 is 2.89 bits per heavy atom. The van der Waals surface area contributed by atoms with Crippen LogP contribution in [0.1, 0.15) is 5.56 Å². The van der Waals surface area contributed by atoms with Crippen molar-refractivity contribution in [3.05, 3.63) is 35.2 Å². The SMILES string of the molecule is COCCNCCOCCc1ccc2sccc2c1. The van der Waals surface area contributed by atoms with Gasteiger partial charge < -0.3 is 14.8 Å². The molecule has 2 aromatic rings. The zero-order chi connectivity index (χ0) is 13.3. The van der Waals surface area contributed by atoms with E-state index >= 15 is 0 Å². The summed E-state index contributed by atoms with van der Waals surface area (Å²) in [6, 6.07) is 8.82. The molecule has 0 bridgehead atoms. The van der Waals surface area contributed by atoms with Gasteiger partial charge in [0.25, 0.3) is 0 Å². The maximum atomic E-state index is 5.61. The Balaban J connectivity index is 1.60. The molecule has 0 atom stereocenters. The lowest BCUT2D eigenvalue weighted by atomic mass is 10.1. The lowest BCUT2D eigenvalue weighted by Gasteiger charge is -2.06. The Labute approximate surface area is 118 Å². The van der Waals surface area contributed by atoms with E-state index in [-0.39, 0.29) is 0 Å². The molecule has 104 valence electrons. The van der Waals surface area contributed by atoms with E-state index in [1.807, 2.05) is 0 Å². The Hall–Kier alpha value is -0.940. The summed E-state index contributed by atoms with van der Waals surface area (Å²) in [6.45, 7) is 4.05. The second-order valence-electron chi connectivity index (χ2n) is 4.40. The molecule has 2 rings (SSSR count). The van der Waals surface area contributed by atoms with Gasteiger partial charge in [0.2, 0.25) is 0 Å². The first-order valence-corrected chi connectivity index (χ1v) is 7.51. The van der Waals surface area contributed by atoms with Gasteiger partial charge in [0.1, 0.15) is 0 Å². The fourth-order valence-electron chi connectivity index (χ4n) is 1.91. The van der Waals surface area contributed by atoms with Crippen LogP contribution in [0.3, 0.4) is 0 Å². The summed E-state index contributed by atoms with van der Waals surface area (Å²) in [4.78, 5) is 0. The van der Waals surface area contributed by atoms with Crippen LogP contribution in [0.2, 0.25) is 0 Å². The minimum atomic E-state index is 0.751. The molecule has 0 saturated heterocycles. The molecule has 0 unspecified atom stereocenters. The van der Waals surface area contributed by atoms with Gasteiger partial charge in [-0.3, -0.25) is 0 Å². The minimum Gasteiger partial charge on any atom is -0.383 e. The van der Waals surface area contributed by atoms with Gasteiger partial charge in [-0.1, -0.05) is 12.1 Å². The molecule has 0 amide bonds. The van der Waals surface area contributed by atoms with E-state index in [2.05, 4.69) is 35.0 Å². The van der Waals surface area contributed by atoms with Crippen molar-refractivity contribution in [3.63, 3.8) is 0 Å². The zero-order valence-electron chi connectivity index (χ0n) is 11.4. The highest BCUT2D eigenvalue weighted by atomic mass is 32.1. The first-order valence-electron chi connectivity index (χ1n) is 6.63. The Morgan fingerprint density at radius 2 is 2.00 bits per heavy atom. The molecule has 0 aliphatic heterocycles. The Kier molecular flexibility index (Phi) is 6.30. The Morgan fingerprint density at radius 1 is 1.11 bits per heavy atom. The molecular weight excluding hydrogens is 258 g/mol. The molecule has 0 fully saturated rings. The van der Waals surface area contributed by atoms with Crippen LogP contribution >= 0.6 is 11.3 Å². The van der Waals surface area contributed by atoms with Crippen LogP contribution in [0.25, 0.3) is 10.1 Å². The van der Waals surface area contributed by atoms with Crippen molar-refractivity contribution in [2.45, 2.75) is 6.42 Å². The predicted molar refractivity (Wildman–Crippen MR) is 81.1 cm³/mol. The summed E-state index contributed by atoms with van der Waals surface area (Å²) < 4.78 is 11.9. The van der Waals surface area contributed by atoms with E-state index in [0.29, 0.717) is 0 Å². The van der Waals surface area contributed by atoms with Gasteiger partial charge in [-0.25, -0.2) is 0 Å². The molecule has 1 aromatic carbocycles. The molecule has 0 saturated carbocycles. The summed E-state index contributed by atoms with van der Waals surface area (Å²) in [5.74, 6) is 0. The van der Waals surface area contributed by atoms with E-state index in [0.717, 1.165) is 39.3 Å². The lowest BCUT2D eigenvalue weighted by Crippen LogP contribution is -2.23. The average Bonchev–Trinajstić information content (AvgIpc) is 2.89. The van der Waals surface area contributed by atoms with Gasteiger partial charge in [0.15, 0.2) is 0 Å². The number of hydrogen-bond acceptors (Lipinski definition) is 4. The number of hydrogen-bond donors (Lipinski definition) is 1. The highest BCUT2D eigenvalue weighted by molar-refractivity contribution is 7.17. The molecular formula is C15H21NO2S. The third-order valence-corrected chi connectivity index (χ3v) is 3.86. The van der Waals surface area contributed by atoms with E-state index in [1.54, 1.807) is 18.4 Å². The van der Waals surface area contributed by atoms with Crippen molar-refractivity contribution in [3.8, 4) is 0 Å².